The van der Waals surface area contributed by atoms with Gasteiger partial charge in [0.15, 0.2) is 0 Å². The first-order valence-electron chi connectivity index (χ1n) is 22.5. The van der Waals surface area contributed by atoms with Gasteiger partial charge in [-0.05, 0) is 81.9 Å². The second-order valence-electron chi connectivity index (χ2n) is 17.1. The number of carbonyl (C=O) groups excluding carboxylic acids is 3. The Morgan fingerprint density at radius 3 is 1.06 bits per heavy atom. The minimum Gasteiger partial charge on any atom is -0.469 e. The number of hydroxylamine groups is 1. The molecule has 0 unspecified atom stereocenters. The standard InChI is InChI=1S/C20H18N2O2.C19H17N3O2.C17H15BrO2/c1-24-20(23)19-17(14-6-3-2-4-7-14)18(19)15-8-10-16(11-9-15)22-13-5-12-21-22;23-19(21-24)18-16(13-5-2-1-3-6-13)17(18)14-7-9-15(10-8-14)22-12-4-11-20-22;1-20-17(19)16-14(11-5-3-2-4-6-11)15(16)12-7-9-13(18)10-8-12/h2-13,17-19H,1H3;1-12,16-18,24H,(H,21,23);2-10,14-16H,1H3/t17-,18-,19-;16-,17-,18-;14-,15-,16-/m111/s1. The van der Waals surface area contributed by atoms with Crippen LogP contribution in [0.2, 0.25) is 0 Å². The number of hydrogen-bond donors (Lipinski definition) is 2. The Balaban J connectivity index is 0.000000128. The molecule has 3 saturated carbocycles. The SMILES string of the molecule is COC(=O)[C@@H]1[C@H](c2ccccc2)[C@H]1c1ccc(-n2cccn2)cc1.COC(=O)[C@@H]1[C@H](c2ccccc2)[C@H]1c1ccc(Br)cc1.O=C(NO)[C@@H]1[C@H](c2ccccc2)[C@H]1c1ccc(-n2cccn2)cc1. The van der Waals surface area contributed by atoms with Crippen LogP contribution < -0.4 is 5.48 Å². The monoisotopic (exact) mass is 967 g/mol. The van der Waals surface area contributed by atoms with Gasteiger partial charge in [-0.25, -0.2) is 14.8 Å². The van der Waals surface area contributed by atoms with Gasteiger partial charge in [-0.3, -0.25) is 19.6 Å². The van der Waals surface area contributed by atoms with Crippen LogP contribution in [0.25, 0.3) is 11.4 Å². The van der Waals surface area contributed by atoms with Crippen molar-refractivity contribution < 1.29 is 29.1 Å². The van der Waals surface area contributed by atoms with E-state index in [-0.39, 0.29) is 71.1 Å². The molecule has 2 aromatic heterocycles. The number of ether oxygens (including phenoxy) is 2. The summed E-state index contributed by atoms with van der Waals surface area (Å²) in [6.07, 6.45) is 7.30. The molecule has 11 nitrogen and oxygen atoms in total. The summed E-state index contributed by atoms with van der Waals surface area (Å²) in [7, 11) is 2.92. The third-order valence-corrected chi connectivity index (χ3v) is 13.8. The van der Waals surface area contributed by atoms with E-state index in [2.05, 4.69) is 74.7 Å². The van der Waals surface area contributed by atoms with Crippen molar-refractivity contribution in [3.05, 3.63) is 239 Å². The largest absolute Gasteiger partial charge is 0.469 e. The third kappa shape index (κ3) is 9.83. The van der Waals surface area contributed by atoms with E-state index in [9.17, 15) is 14.4 Å². The fourth-order valence-electron chi connectivity index (χ4n) is 9.93. The molecule has 3 aliphatic carbocycles. The van der Waals surface area contributed by atoms with Crippen molar-refractivity contribution in [2.24, 2.45) is 17.8 Å². The number of nitrogens with zero attached hydrogens (tertiary/aromatic N) is 4. The van der Waals surface area contributed by atoms with Crippen LogP contribution in [0.1, 0.15) is 68.9 Å². The number of carbonyl (C=O) groups is 3. The zero-order valence-electron chi connectivity index (χ0n) is 37.4. The van der Waals surface area contributed by atoms with Crippen molar-refractivity contribution in [1.82, 2.24) is 25.0 Å². The molecule has 0 saturated heterocycles. The van der Waals surface area contributed by atoms with Crippen LogP contribution in [0.5, 0.6) is 0 Å². The molecule has 3 aliphatic rings. The number of amides is 1. The number of benzene rings is 6. The Hall–Kier alpha value is -7.41. The number of rotatable bonds is 11. The molecule has 8 aromatic rings. The normalized spacial score (nSPS) is 22.7. The first kappa shape index (κ1) is 45.7. The summed E-state index contributed by atoms with van der Waals surface area (Å²) in [5, 5.41) is 17.5. The van der Waals surface area contributed by atoms with Crippen LogP contribution in [0.3, 0.4) is 0 Å². The first-order chi connectivity index (χ1) is 33.3. The number of methoxy groups -OCH3 is 2. The van der Waals surface area contributed by atoms with E-state index in [4.69, 9.17) is 14.7 Å². The molecular formula is C56H50BrN5O6. The maximum Gasteiger partial charge on any atom is 0.309 e. The van der Waals surface area contributed by atoms with Crippen molar-refractivity contribution in [1.29, 1.82) is 0 Å². The predicted molar refractivity (Wildman–Crippen MR) is 261 cm³/mol. The second kappa shape index (κ2) is 20.6. The maximum atomic E-state index is 12.2. The zero-order valence-corrected chi connectivity index (χ0v) is 39.0. The van der Waals surface area contributed by atoms with Gasteiger partial charge in [-0.2, -0.15) is 10.2 Å². The van der Waals surface area contributed by atoms with Crippen LogP contribution in [-0.4, -0.2) is 56.8 Å². The summed E-state index contributed by atoms with van der Waals surface area (Å²) in [6, 6.07) is 58.6. The molecule has 2 N–H and O–H groups in total. The lowest BCUT2D eigenvalue weighted by atomic mass is 10.0. The lowest BCUT2D eigenvalue weighted by Crippen LogP contribution is -2.21. The molecule has 68 heavy (non-hydrogen) atoms. The third-order valence-electron chi connectivity index (χ3n) is 13.3. The quantitative estimate of drug-likeness (QED) is 0.0743. The van der Waals surface area contributed by atoms with Crippen molar-refractivity contribution in [3.8, 4) is 11.4 Å². The van der Waals surface area contributed by atoms with Gasteiger partial charge in [-0.1, -0.05) is 143 Å². The van der Waals surface area contributed by atoms with Crippen LogP contribution in [0, 0.1) is 17.8 Å². The highest BCUT2D eigenvalue weighted by molar-refractivity contribution is 9.10. The molecule has 1 amide bonds. The van der Waals surface area contributed by atoms with E-state index in [1.807, 2.05) is 150 Å². The molecular weight excluding hydrogens is 919 g/mol. The summed E-state index contributed by atoms with van der Waals surface area (Å²) in [6.45, 7) is 0. The first-order valence-corrected chi connectivity index (χ1v) is 23.3. The number of hydrogen-bond acceptors (Lipinski definition) is 8. The fourth-order valence-corrected chi connectivity index (χ4v) is 10.2. The Bertz CT molecular complexity index is 2760. The predicted octanol–water partition coefficient (Wildman–Crippen LogP) is 10.5. The summed E-state index contributed by atoms with van der Waals surface area (Å²) >= 11 is 3.44. The van der Waals surface area contributed by atoms with E-state index in [0.29, 0.717) is 0 Å². The number of esters is 2. The molecule has 12 heteroatoms. The van der Waals surface area contributed by atoms with E-state index < -0.39 is 0 Å². The van der Waals surface area contributed by atoms with Gasteiger partial charge in [0.05, 0.1) is 43.3 Å². The number of nitrogens with one attached hydrogen (secondary N) is 1. The Morgan fingerprint density at radius 2 is 0.765 bits per heavy atom. The fraction of sp³-hybridized carbons (Fsp3) is 0.196. The van der Waals surface area contributed by atoms with Crippen molar-refractivity contribution in [2.75, 3.05) is 14.2 Å². The Labute approximate surface area is 403 Å². The minimum atomic E-state index is -0.329. The summed E-state index contributed by atoms with van der Waals surface area (Å²) in [4.78, 5) is 36.2. The van der Waals surface area contributed by atoms with E-state index in [0.717, 1.165) is 32.5 Å². The summed E-state index contributed by atoms with van der Waals surface area (Å²) < 4.78 is 14.6. The van der Waals surface area contributed by atoms with Crippen molar-refractivity contribution in [2.45, 2.75) is 35.5 Å². The van der Waals surface area contributed by atoms with Gasteiger partial charge < -0.3 is 9.47 Å². The van der Waals surface area contributed by atoms with Gasteiger partial charge in [0.1, 0.15) is 0 Å². The lowest BCUT2D eigenvalue weighted by molar-refractivity contribution is -0.143. The average molecular weight is 969 g/mol. The minimum absolute atomic E-state index is 0.0661. The Kier molecular flexibility index (Phi) is 13.9. The second-order valence-corrected chi connectivity index (χ2v) is 18.0. The smallest absolute Gasteiger partial charge is 0.309 e. The zero-order chi connectivity index (χ0) is 47.1. The molecule has 2 heterocycles. The molecule has 0 aliphatic heterocycles. The van der Waals surface area contributed by atoms with Crippen LogP contribution >= 0.6 is 15.9 Å². The highest BCUT2D eigenvalue weighted by atomic mass is 79.9. The van der Waals surface area contributed by atoms with E-state index in [1.54, 1.807) is 17.1 Å². The topological polar surface area (TPSA) is 138 Å². The molecule has 0 bridgehead atoms. The molecule has 0 spiro atoms. The van der Waals surface area contributed by atoms with Crippen LogP contribution in [0.15, 0.2) is 205 Å². The van der Waals surface area contributed by atoms with Gasteiger partial charge in [0.25, 0.3) is 0 Å². The molecule has 0 radical (unpaired) electrons. The van der Waals surface area contributed by atoms with Crippen molar-refractivity contribution >= 4 is 33.8 Å². The number of halogens is 1. The summed E-state index contributed by atoms with van der Waals surface area (Å²) in [5.74, 6) is -0.0186. The molecule has 3 fully saturated rings. The maximum absolute atomic E-state index is 12.2. The molecule has 6 aromatic carbocycles. The highest BCUT2D eigenvalue weighted by Crippen LogP contribution is 2.62. The van der Waals surface area contributed by atoms with Crippen LogP contribution in [0.4, 0.5) is 0 Å². The highest BCUT2D eigenvalue weighted by Gasteiger charge is 2.58. The van der Waals surface area contributed by atoms with Crippen molar-refractivity contribution in [3.63, 3.8) is 0 Å². The van der Waals surface area contributed by atoms with Crippen LogP contribution in [-0.2, 0) is 23.9 Å². The average Bonchev–Trinajstić information content (AvgIpc) is 4.34. The van der Waals surface area contributed by atoms with Gasteiger partial charge in [-0.15, -0.1) is 0 Å². The van der Waals surface area contributed by atoms with Gasteiger partial charge in [0, 0.05) is 64.8 Å². The molecule has 9 atom stereocenters. The number of aromatic nitrogens is 4. The van der Waals surface area contributed by atoms with E-state index >= 15 is 0 Å². The summed E-state index contributed by atoms with van der Waals surface area (Å²) in [5.41, 5.74) is 10.7. The Morgan fingerprint density at radius 1 is 0.456 bits per heavy atom. The van der Waals surface area contributed by atoms with E-state index in [1.165, 1.54) is 30.9 Å². The molecule has 11 rings (SSSR count). The lowest BCUT2D eigenvalue weighted by Gasteiger charge is -2.04. The molecule has 342 valence electrons. The van der Waals surface area contributed by atoms with Gasteiger partial charge >= 0.3 is 11.9 Å². The van der Waals surface area contributed by atoms with Gasteiger partial charge in [0.2, 0.25) is 5.91 Å².